The van der Waals surface area contributed by atoms with Crippen LogP contribution in [0.2, 0.25) is 0 Å². The fourth-order valence-electron chi connectivity index (χ4n) is 4.74. The van der Waals surface area contributed by atoms with E-state index in [-0.39, 0.29) is 5.56 Å². The van der Waals surface area contributed by atoms with Gasteiger partial charge in [0.2, 0.25) is 0 Å². The SMILES string of the molecule is CC.CCn1cc(/C(C)=C/C=C(Cl)\C=C\Cl)nc1Cc1ccc(-c2ccc(Oc3ccc(C(=O)O)cc3NSc3ccccc3)cc2)cc1. The van der Waals surface area contributed by atoms with Crippen LogP contribution < -0.4 is 9.46 Å². The molecule has 5 rings (SSSR count). The standard InChI is InChI=1S/C38H33Cl2N3O3S.C2H6/c1-3-43-25-35(26(2)9-17-31(40)21-22-39)41-37(43)23-27-10-12-28(13-11-27)29-14-18-32(19-15-29)46-36-20-16-30(38(44)45)24-34(36)42-47-33-7-5-4-6-8-33;1-2/h4-22,24-25,42H,3,23H2,1-2H3,(H,44,45);1-2H3/b22-21+,26-9+,31-17+;. The van der Waals surface area contributed by atoms with E-state index >= 15 is 0 Å². The number of carboxylic acids is 1. The number of nitrogens with zero attached hydrogens (tertiary/aromatic N) is 2. The van der Waals surface area contributed by atoms with Gasteiger partial charge < -0.3 is 19.1 Å². The molecule has 0 amide bonds. The van der Waals surface area contributed by atoms with Crippen LogP contribution in [0.5, 0.6) is 11.5 Å². The molecule has 2 N–H and O–H groups in total. The molecule has 252 valence electrons. The molecule has 0 atom stereocenters. The summed E-state index contributed by atoms with van der Waals surface area (Å²) in [5.41, 5.74) is 7.35. The Morgan fingerprint density at radius 2 is 1.63 bits per heavy atom. The van der Waals surface area contributed by atoms with Gasteiger partial charge in [-0.15, -0.1) is 0 Å². The van der Waals surface area contributed by atoms with E-state index in [0.29, 0.717) is 28.6 Å². The lowest BCUT2D eigenvalue weighted by Gasteiger charge is -2.14. The number of rotatable bonds is 13. The van der Waals surface area contributed by atoms with Crippen molar-refractivity contribution in [3.8, 4) is 22.6 Å². The van der Waals surface area contributed by atoms with Crippen LogP contribution in [0.25, 0.3) is 16.7 Å². The summed E-state index contributed by atoms with van der Waals surface area (Å²) in [5.74, 6) is 1.16. The van der Waals surface area contributed by atoms with Gasteiger partial charge in [-0.05, 0) is 103 Å². The number of imidazole rings is 1. The molecule has 0 saturated carbocycles. The smallest absolute Gasteiger partial charge is 0.335 e. The molecule has 0 spiro atoms. The molecule has 0 aliphatic heterocycles. The van der Waals surface area contributed by atoms with Gasteiger partial charge in [0.15, 0.2) is 5.75 Å². The van der Waals surface area contributed by atoms with Crippen LogP contribution in [0, 0.1) is 0 Å². The number of nitrogens with one attached hydrogen (secondary N) is 1. The Bertz CT molecular complexity index is 1920. The van der Waals surface area contributed by atoms with E-state index in [1.165, 1.54) is 23.5 Å². The Labute approximate surface area is 302 Å². The predicted octanol–water partition coefficient (Wildman–Crippen LogP) is 12.1. The van der Waals surface area contributed by atoms with Gasteiger partial charge in [0.25, 0.3) is 0 Å². The second-order valence-electron chi connectivity index (χ2n) is 10.6. The topological polar surface area (TPSA) is 76.4 Å². The van der Waals surface area contributed by atoms with E-state index in [9.17, 15) is 9.90 Å². The number of benzene rings is 4. The number of carboxylic acid groups (broad SMARTS) is 1. The third-order valence-corrected chi connectivity index (χ3v) is 8.51. The first kappa shape index (κ1) is 37.1. The number of aryl methyl sites for hydroxylation is 1. The maximum absolute atomic E-state index is 11.6. The molecule has 49 heavy (non-hydrogen) atoms. The van der Waals surface area contributed by atoms with Gasteiger partial charge in [0.1, 0.15) is 11.6 Å². The summed E-state index contributed by atoms with van der Waals surface area (Å²) < 4.78 is 11.6. The molecule has 0 fully saturated rings. The highest BCUT2D eigenvalue weighted by atomic mass is 35.5. The van der Waals surface area contributed by atoms with Crippen molar-refractivity contribution < 1.29 is 14.6 Å². The minimum Gasteiger partial charge on any atom is -0.478 e. The normalized spacial score (nSPS) is 11.6. The number of ether oxygens (including phenoxy) is 1. The van der Waals surface area contributed by atoms with Crippen LogP contribution in [0.1, 0.15) is 55.1 Å². The first-order chi connectivity index (χ1) is 23.8. The average molecular weight is 713 g/mol. The molecule has 1 aromatic heterocycles. The quantitative estimate of drug-likeness (QED) is 0.0935. The highest BCUT2D eigenvalue weighted by Crippen LogP contribution is 2.35. The molecule has 0 aliphatic carbocycles. The van der Waals surface area contributed by atoms with Crippen molar-refractivity contribution in [3.05, 3.63) is 155 Å². The van der Waals surface area contributed by atoms with Crippen LogP contribution in [0.4, 0.5) is 5.69 Å². The predicted molar refractivity (Wildman–Crippen MR) is 206 cm³/mol. The monoisotopic (exact) mass is 711 g/mol. The van der Waals surface area contributed by atoms with Crippen LogP contribution in [0.15, 0.2) is 137 Å². The summed E-state index contributed by atoms with van der Waals surface area (Å²) in [4.78, 5) is 17.5. The lowest BCUT2D eigenvalue weighted by atomic mass is 10.0. The molecule has 0 unspecified atom stereocenters. The Morgan fingerprint density at radius 1 is 0.959 bits per heavy atom. The Balaban J connectivity index is 0.00000265. The fourth-order valence-corrected chi connectivity index (χ4v) is 5.75. The molecule has 4 aromatic carbocycles. The number of halogens is 2. The molecule has 0 bridgehead atoms. The van der Waals surface area contributed by atoms with Crippen LogP contribution in [0.3, 0.4) is 0 Å². The summed E-state index contributed by atoms with van der Waals surface area (Å²) in [6, 6.07) is 30.9. The summed E-state index contributed by atoms with van der Waals surface area (Å²) in [6.45, 7) is 8.94. The van der Waals surface area contributed by atoms with E-state index < -0.39 is 5.97 Å². The van der Waals surface area contributed by atoms with E-state index in [2.05, 4.69) is 46.7 Å². The fraction of sp³-hybridized carbons (Fsp3) is 0.150. The van der Waals surface area contributed by atoms with Crippen molar-refractivity contribution in [1.29, 1.82) is 0 Å². The molecule has 0 aliphatic rings. The van der Waals surface area contributed by atoms with E-state index in [1.54, 1.807) is 24.3 Å². The van der Waals surface area contributed by atoms with Crippen molar-refractivity contribution in [1.82, 2.24) is 9.55 Å². The number of aromatic carboxylic acids is 1. The van der Waals surface area contributed by atoms with Gasteiger partial charge in [0, 0.05) is 34.6 Å². The zero-order valence-corrected chi connectivity index (χ0v) is 30.2. The minimum absolute atomic E-state index is 0.174. The number of hydrogen-bond donors (Lipinski definition) is 2. The Morgan fingerprint density at radius 3 is 2.27 bits per heavy atom. The van der Waals surface area contributed by atoms with Gasteiger partial charge in [-0.1, -0.05) is 97.7 Å². The van der Waals surface area contributed by atoms with E-state index in [1.807, 2.05) is 81.4 Å². The number of carbonyl (C=O) groups is 1. The van der Waals surface area contributed by atoms with Gasteiger partial charge >= 0.3 is 5.97 Å². The Kier molecular flexibility index (Phi) is 14.2. The van der Waals surface area contributed by atoms with Crippen molar-refractivity contribution in [2.24, 2.45) is 0 Å². The highest BCUT2D eigenvalue weighted by Gasteiger charge is 2.12. The summed E-state index contributed by atoms with van der Waals surface area (Å²) in [6.07, 6.45) is 8.14. The van der Waals surface area contributed by atoms with Gasteiger partial charge in [-0.3, -0.25) is 0 Å². The maximum Gasteiger partial charge on any atom is 0.335 e. The average Bonchev–Trinajstić information content (AvgIpc) is 3.55. The minimum atomic E-state index is -1.00. The molecular formula is C40H39Cl2N3O3S. The molecule has 9 heteroatoms. The lowest BCUT2D eigenvalue weighted by molar-refractivity contribution is 0.0697. The van der Waals surface area contributed by atoms with Gasteiger partial charge in [-0.25, -0.2) is 9.78 Å². The van der Waals surface area contributed by atoms with Crippen LogP contribution in [-0.2, 0) is 13.0 Å². The zero-order chi connectivity index (χ0) is 35.2. The Hall–Kier alpha value is -4.69. The number of anilines is 1. The molecule has 6 nitrogen and oxygen atoms in total. The van der Waals surface area contributed by atoms with Crippen LogP contribution in [-0.4, -0.2) is 20.6 Å². The largest absolute Gasteiger partial charge is 0.478 e. The van der Waals surface area contributed by atoms with Crippen LogP contribution >= 0.6 is 35.1 Å². The number of allylic oxidation sites excluding steroid dienone is 5. The van der Waals surface area contributed by atoms with E-state index in [4.69, 9.17) is 32.9 Å². The first-order valence-electron chi connectivity index (χ1n) is 15.9. The molecular weight excluding hydrogens is 673 g/mol. The van der Waals surface area contributed by atoms with E-state index in [0.717, 1.165) is 45.2 Å². The lowest BCUT2D eigenvalue weighted by Crippen LogP contribution is -2.01. The number of aromatic nitrogens is 2. The summed E-state index contributed by atoms with van der Waals surface area (Å²) in [5, 5.41) is 10.1. The molecule has 1 heterocycles. The zero-order valence-electron chi connectivity index (χ0n) is 27.9. The maximum atomic E-state index is 11.6. The third kappa shape index (κ3) is 10.6. The summed E-state index contributed by atoms with van der Waals surface area (Å²) in [7, 11) is 0. The van der Waals surface area contributed by atoms with Gasteiger partial charge in [-0.2, -0.15) is 0 Å². The summed E-state index contributed by atoms with van der Waals surface area (Å²) >= 11 is 13.1. The number of hydrogen-bond acceptors (Lipinski definition) is 5. The third-order valence-electron chi connectivity index (χ3n) is 7.30. The van der Waals surface area contributed by atoms with Crippen molar-refractivity contribution in [2.75, 3.05) is 4.72 Å². The van der Waals surface area contributed by atoms with Crippen molar-refractivity contribution in [3.63, 3.8) is 0 Å². The molecule has 0 radical (unpaired) electrons. The molecule has 5 aromatic rings. The van der Waals surface area contributed by atoms with Crippen molar-refractivity contribution >= 4 is 52.4 Å². The first-order valence-corrected chi connectivity index (χ1v) is 17.6. The van der Waals surface area contributed by atoms with Crippen molar-refractivity contribution in [2.45, 2.75) is 45.6 Å². The molecule has 0 saturated heterocycles. The second kappa shape index (κ2) is 18.7. The second-order valence-corrected chi connectivity index (χ2v) is 12.1. The highest BCUT2D eigenvalue weighted by molar-refractivity contribution is 8.00. The van der Waals surface area contributed by atoms with Gasteiger partial charge in [0.05, 0.1) is 16.9 Å².